The van der Waals surface area contributed by atoms with Gasteiger partial charge in [0, 0.05) is 11.1 Å². The quantitative estimate of drug-likeness (QED) is 0.744. The maximum atomic E-state index is 5.61. The van der Waals surface area contributed by atoms with E-state index in [0.717, 1.165) is 45.2 Å². The Bertz CT molecular complexity index is 430. The highest BCUT2D eigenvalue weighted by Crippen LogP contribution is 2.23. The van der Waals surface area contributed by atoms with Crippen LogP contribution >= 0.6 is 0 Å². The summed E-state index contributed by atoms with van der Waals surface area (Å²) in [5.74, 6) is 1.01. The normalized spacial score (nSPS) is 23.9. The van der Waals surface area contributed by atoms with Crippen molar-refractivity contribution < 1.29 is 19.7 Å². The summed E-state index contributed by atoms with van der Waals surface area (Å²) in [5.41, 5.74) is 2.96. The second kappa shape index (κ2) is 5.90. The van der Waals surface area contributed by atoms with Gasteiger partial charge < -0.3 is 19.7 Å². The van der Waals surface area contributed by atoms with E-state index < -0.39 is 0 Å². The van der Waals surface area contributed by atoms with Crippen LogP contribution in [0.5, 0.6) is 5.75 Å². The Morgan fingerprint density at radius 3 is 3.00 bits per heavy atom. The van der Waals surface area contributed by atoms with Crippen molar-refractivity contribution in [2.45, 2.75) is 19.5 Å². The van der Waals surface area contributed by atoms with Crippen LogP contribution in [-0.2, 0) is 11.3 Å². The van der Waals surface area contributed by atoms with Crippen molar-refractivity contribution in [3.63, 3.8) is 0 Å². The molecule has 0 saturated carbocycles. The Morgan fingerprint density at radius 1 is 1.37 bits per heavy atom. The minimum atomic E-state index is 0.614. The van der Waals surface area contributed by atoms with Gasteiger partial charge in [-0.25, -0.2) is 0 Å². The van der Waals surface area contributed by atoms with Crippen LogP contribution in [0.2, 0.25) is 0 Å². The van der Waals surface area contributed by atoms with Crippen molar-refractivity contribution in [2.24, 2.45) is 0 Å². The summed E-state index contributed by atoms with van der Waals surface area (Å²) in [6.45, 7) is 9.10. The van der Waals surface area contributed by atoms with E-state index in [0.29, 0.717) is 6.04 Å². The van der Waals surface area contributed by atoms with Gasteiger partial charge in [-0.15, -0.1) is 0 Å². The summed E-state index contributed by atoms with van der Waals surface area (Å²) >= 11 is 0. The number of hydrogen-bond acceptors (Lipinski definition) is 2. The lowest BCUT2D eigenvalue weighted by atomic mass is 9.95. The molecule has 0 spiro atoms. The number of quaternary nitrogens is 2. The molecule has 4 nitrogen and oxygen atoms in total. The number of morpholine rings is 1. The molecule has 2 aliphatic heterocycles. The third-order valence-electron chi connectivity index (χ3n) is 4.20. The first-order chi connectivity index (χ1) is 9.38. The number of rotatable bonds is 3. The molecule has 0 amide bonds. The standard InChI is InChI=1S/C15H22N2O2/c1-2-19-13-3-4-14-12(9-13)10-16-11-15(14)17-5-7-18-8-6-17/h3-4,9,15-16H,2,5-8,10-11H2,1H3/p+2/t15-/m1/s1. The number of ether oxygens (including phenoxy) is 2. The predicted molar refractivity (Wildman–Crippen MR) is 72.4 cm³/mol. The van der Waals surface area contributed by atoms with Crippen molar-refractivity contribution >= 4 is 0 Å². The molecule has 1 aromatic carbocycles. The Morgan fingerprint density at radius 2 is 2.21 bits per heavy atom. The number of nitrogens with one attached hydrogen (secondary N) is 1. The summed E-state index contributed by atoms with van der Waals surface area (Å²) in [6, 6.07) is 7.24. The first-order valence-corrected chi connectivity index (χ1v) is 7.38. The monoisotopic (exact) mass is 264 g/mol. The average molecular weight is 264 g/mol. The van der Waals surface area contributed by atoms with E-state index >= 15 is 0 Å². The van der Waals surface area contributed by atoms with Crippen molar-refractivity contribution in [3.05, 3.63) is 29.3 Å². The van der Waals surface area contributed by atoms with Gasteiger partial charge in [0.25, 0.3) is 0 Å². The molecule has 0 aliphatic carbocycles. The molecule has 104 valence electrons. The molecular formula is C15H24N2O2+2. The highest BCUT2D eigenvalue weighted by atomic mass is 16.5. The van der Waals surface area contributed by atoms with Crippen molar-refractivity contribution in [3.8, 4) is 5.75 Å². The minimum Gasteiger partial charge on any atom is -0.494 e. The van der Waals surface area contributed by atoms with Gasteiger partial charge in [-0.05, 0) is 25.1 Å². The van der Waals surface area contributed by atoms with E-state index in [1.165, 1.54) is 17.7 Å². The summed E-state index contributed by atoms with van der Waals surface area (Å²) in [4.78, 5) is 1.67. The van der Waals surface area contributed by atoms with Crippen LogP contribution in [0.25, 0.3) is 0 Å². The number of benzene rings is 1. The maximum Gasteiger partial charge on any atom is 0.163 e. The van der Waals surface area contributed by atoms with Crippen LogP contribution in [0.1, 0.15) is 24.1 Å². The molecule has 1 saturated heterocycles. The van der Waals surface area contributed by atoms with Crippen LogP contribution in [0.3, 0.4) is 0 Å². The van der Waals surface area contributed by atoms with Crippen molar-refractivity contribution in [1.29, 1.82) is 0 Å². The number of nitrogens with two attached hydrogens (primary N) is 1. The zero-order chi connectivity index (χ0) is 13.1. The average Bonchev–Trinajstić information content (AvgIpc) is 2.48. The largest absolute Gasteiger partial charge is 0.494 e. The molecule has 3 N–H and O–H groups in total. The molecule has 2 heterocycles. The highest BCUT2D eigenvalue weighted by Gasteiger charge is 2.32. The Hall–Kier alpha value is -1.10. The molecule has 1 atom stereocenters. The zero-order valence-electron chi connectivity index (χ0n) is 11.7. The fourth-order valence-corrected chi connectivity index (χ4v) is 3.26. The molecule has 1 aromatic rings. The number of hydrogen-bond donors (Lipinski definition) is 2. The minimum absolute atomic E-state index is 0.614. The second-order valence-corrected chi connectivity index (χ2v) is 5.35. The van der Waals surface area contributed by atoms with Crippen LogP contribution < -0.4 is 15.0 Å². The van der Waals surface area contributed by atoms with Crippen LogP contribution in [-0.4, -0.2) is 39.5 Å². The summed E-state index contributed by atoms with van der Waals surface area (Å²) in [5, 5.41) is 2.42. The third kappa shape index (κ3) is 2.76. The van der Waals surface area contributed by atoms with Gasteiger partial charge in [-0.3, -0.25) is 0 Å². The lowest BCUT2D eigenvalue weighted by molar-refractivity contribution is -0.954. The molecule has 19 heavy (non-hydrogen) atoms. The molecule has 0 bridgehead atoms. The lowest BCUT2D eigenvalue weighted by Crippen LogP contribution is -3.17. The van der Waals surface area contributed by atoms with E-state index in [1.54, 1.807) is 4.90 Å². The molecule has 2 aliphatic rings. The molecule has 4 heteroatoms. The van der Waals surface area contributed by atoms with E-state index in [9.17, 15) is 0 Å². The Balaban J connectivity index is 1.82. The summed E-state index contributed by atoms with van der Waals surface area (Å²) in [6.07, 6.45) is 0. The van der Waals surface area contributed by atoms with E-state index in [-0.39, 0.29) is 0 Å². The third-order valence-corrected chi connectivity index (χ3v) is 4.20. The van der Waals surface area contributed by atoms with Crippen molar-refractivity contribution in [2.75, 3.05) is 39.5 Å². The fraction of sp³-hybridized carbons (Fsp3) is 0.600. The van der Waals surface area contributed by atoms with Gasteiger partial charge >= 0.3 is 0 Å². The van der Waals surface area contributed by atoms with Gasteiger partial charge in [-0.1, -0.05) is 0 Å². The van der Waals surface area contributed by atoms with E-state index in [2.05, 4.69) is 23.5 Å². The first kappa shape index (κ1) is 12.9. The first-order valence-electron chi connectivity index (χ1n) is 7.38. The van der Waals surface area contributed by atoms with Crippen LogP contribution in [0, 0.1) is 0 Å². The molecule has 0 unspecified atom stereocenters. The SMILES string of the molecule is CCOc1ccc2c(c1)C[NH2+]C[C@H]2[NH+]1CCOCC1. The van der Waals surface area contributed by atoms with Gasteiger partial charge in [0.2, 0.25) is 0 Å². The summed E-state index contributed by atoms with van der Waals surface area (Å²) < 4.78 is 11.1. The van der Waals surface area contributed by atoms with Gasteiger partial charge in [0.15, 0.2) is 6.04 Å². The van der Waals surface area contributed by atoms with Crippen molar-refractivity contribution in [1.82, 2.24) is 0 Å². The fourth-order valence-electron chi connectivity index (χ4n) is 3.26. The van der Waals surface area contributed by atoms with E-state index in [1.807, 2.05) is 6.92 Å². The smallest absolute Gasteiger partial charge is 0.163 e. The van der Waals surface area contributed by atoms with Gasteiger partial charge in [-0.2, -0.15) is 0 Å². The molecule has 0 aromatic heterocycles. The number of fused-ring (bicyclic) bond motifs is 1. The summed E-state index contributed by atoms with van der Waals surface area (Å²) in [7, 11) is 0. The molecular weight excluding hydrogens is 240 g/mol. The Kier molecular flexibility index (Phi) is 4.01. The topological polar surface area (TPSA) is 39.5 Å². The predicted octanol–water partition coefficient (Wildman–Crippen LogP) is -0.881. The van der Waals surface area contributed by atoms with Crippen LogP contribution in [0.15, 0.2) is 18.2 Å². The van der Waals surface area contributed by atoms with Crippen LogP contribution in [0.4, 0.5) is 0 Å². The Labute approximate surface area is 114 Å². The zero-order valence-corrected chi connectivity index (χ0v) is 11.7. The van der Waals surface area contributed by atoms with Gasteiger partial charge in [0.1, 0.15) is 31.9 Å². The molecule has 1 fully saturated rings. The molecule has 3 rings (SSSR count). The van der Waals surface area contributed by atoms with E-state index in [4.69, 9.17) is 9.47 Å². The lowest BCUT2D eigenvalue weighted by Gasteiger charge is -2.33. The second-order valence-electron chi connectivity index (χ2n) is 5.35. The highest BCUT2D eigenvalue weighted by molar-refractivity contribution is 5.37. The maximum absolute atomic E-state index is 5.61. The van der Waals surface area contributed by atoms with Gasteiger partial charge in [0.05, 0.1) is 19.8 Å². The molecule has 0 radical (unpaired) electrons.